The van der Waals surface area contributed by atoms with Crippen LogP contribution >= 0.6 is 0 Å². The van der Waals surface area contributed by atoms with E-state index >= 15 is 0 Å². The normalized spacial score (nSPS) is 24.2. The predicted molar refractivity (Wildman–Crippen MR) is 85.6 cm³/mol. The quantitative estimate of drug-likeness (QED) is 0.340. The molecule has 0 radical (unpaired) electrons. The third-order valence-electron chi connectivity index (χ3n) is 4.41. The first-order valence-corrected chi connectivity index (χ1v) is 7.50. The number of rotatable bonds is 4. The lowest BCUT2D eigenvalue weighted by Crippen LogP contribution is -2.46. The average Bonchev–Trinajstić information content (AvgIpc) is 2.46. The van der Waals surface area contributed by atoms with Gasteiger partial charge in [-0.15, -0.1) is 0 Å². The molecule has 1 aliphatic rings. The molecule has 0 aliphatic carbocycles. The minimum absolute atomic E-state index is 0.154. The summed E-state index contributed by atoms with van der Waals surface area (Å²) in [7, 11) is 2.18. The van der Waals surface area contributed by atoms with Crippen LogP contribution < -0.4 is 11.1 Å². The van der Waals surface area contributed by atoms with Crippen LogP contribution in [0.3, 0.4) is 0 Å². The van der Waals surface area contributed by atoms with Crippen molar-refractivity contribution in [3.8, 4) is 0 Å². The number of hydrogen-bond acceptors (Lipinski definition) is 4. The molecular formula is C16H26N4O. The van der Waals surface area contributed by atoms with Gasteiger partial charge in [0, 0.05) is 24.7 Å². The van der Waals surface area contributed by atoms with E-state index in [2.05, 4.69) is 42.3 Å². The maximum Gasteiger partial charge on any atom is 0.170 e. The van der Waals surface area contributed by atoms with E-state index < -0.39 is 0 Å². The zero-order valence-electron chi connectivity index (χ0n) is 13.1. The van der Waals surface area contributed by atoms with Gasteiger partial charge >= 0.3 is 0 Å². The van der Waals surface area contributed by atoms with Crippen LogP contribution in [0.25, 0.3) is 0 Å². The van der Waals surface area contributed by atoms with Crippen molar-refractivity contribution >= 4 is 5.84 Å². The molecule has 5 nitrogen and oxygen atoms in total. The summed E-state index contributed by atoms with van der Waals surface area (Å²) in [6.45, 7) is 7.54. The predicted octanol–water partition coefficient (Wildman–Crippen LogP) is 1.52. The largest absolute Gasteiger partial charge is 0.409 e. The molecule has 4 N–H and O–H groups in total. The van der Waals surface area contributed by atoms with Crippen molar-refractivity contribution in [1.82, 2.24) is 10.2 Å². The number of hydrogen-bond donors (Lipinski definition) is 3. The number of aryl methyl sites for hydroxylation is 1. The molecule has 2 rings (SSSR count). The van der Waals surface area contributed by atoms with Crippen molar-refractivity contribution < 1.29 is 5.21 Å². The van der Waals surface area contributed by atoms with Gasteiger partial charge in [0.05, 0.1) is 0 Å². The summed E-state index contributed by atoms with van der Waals surface area (Å²) < 4.78 is 0. The van der Waals surface area contributed by atoms with Gasteiger partial charge in [-0.05, 0) is 50.0 Å². The first-order valence-electron chi connectivity index (χ1n) is 7.50. The van der Waals surface area contributed by atoms with Crippen molar-refractivity contribution in [3.63, 3.8) is 0 Å². The number of benzene rings is 1. The fraction of sp³-hybridized carbons (Fsp3) is 0.562. The molecular weight excluding hydrogens is 264 g/mol. The summed E-state index contributed by atoms with van der Waals surface area (Å²) in [4.78, 5) is 2.39. The zero-order valence-corrected chi connectivity index (χ0v) is 13.1. The van der Waals surface area contributed by atoms with Gasteiger partial charge in [0.1, 0.15) is 0 Å². The van der Waals surface area contributed by atoms with Gasteiger partial charge in [0.2, 0.25) is 0 Å². The van der Waals surface area contributed by atoms with E-state index in [1.165, 1.54) is 12.0 Å². The highest BCUT2D eigenvalue weighted by Gasteiger charge is 2.23. The van der Waals surface area contributed by atoms with Gasteiger partial charge in [-0.1, -0.05) is 24.2 Å². The second kappa shape index (κ2) is 6.91. The molecule has 116 valence electrons. The van der Waals surface area contributed by atoms with Gasteiger partial charge in [0.15, 0.2) is 5.84 Å². The van der Waals surface area contributed by atoms with E-state index in [0.29, 0.717) is 12.0 Å². The second-order valence-corrected chi connectivity index (χ2v) is 6.14. The molecule has 0 amide bonds. The molecule has 2 atom stereocenters. The Balaban J connectivity index is 1.97. The van der Waals surface area contributed by atoms with Crippen LogP contribution in [0.2, 0.25) is 0 Å². The lowest BCUT2D eigenvalue weighted by molar-refractivity contribution is 0.174. The van der Waals surface area contributed by atoms with Crippen LogP contribution in [-0.2, 0) is 6.54 Å². The number of nitrogens with zero attached hydrogens (tertiary/aromatic N) is 2. The smallest absolute Gasteiger partial charge is 0.170 e. The van der Waals surface area contributed by atoms with Crippen molar-refractivity contribution in [2.75, 3.05) is 20.1 Å². The van der Waals surface area contributed by atoms with Crippen molar-refractivity contribution in [2.45, 2.75) is 32.9 Å². The highest BCUT2D eigenvalue weighted by atomic mass is 16.4. The molecule has 0 bridgehead atoms. The molecule has 0 aromatic heterocycles. The molecule has 2 unspecified atom stereocenters. The molecule has 1 heterocycles. The molecule has 1 aromatic rings. The number of oxime groups is 1. The SMILES string of the molecule is Cc1cc(/C(N)=N/O)ccc1CNC1CCN(C)CC1C. The van der Waals surface area contributed by atoms with Crippen LogP contribution in [0.4, 0.5) is 0 Å². The number of nitrogens with two attached hydrogens (primary N) is 1. The molecule has 1 fully saturated rings. The van der Waals surface area contributed by atoms with Crippen LogP contribution in [-0.4, -0.2) is 42.1 Å². The van der Waals surface area contributed by atoms with Crippen LogP contribution in [0, 0.1) is 12.8 Å². The minimum atomic E-state index is 0.154. The Hall–Kier alpha value is -1.59. The summed E-state index contributed by atoms with van der Waals surface area (Å²) in [5.74, 6) is 0.821. The van der Waals surface area contributed by atoms with Crippen molar-refractivity contribution in [1.29, 1.82) is 0 Å². The van der Waals surface area contributed by atoms with E-state index in [9.17, 15) is 0 Å². The first-order chi connectivity index (χ1) is 10.0. The Morgan fingerprint density at radius 3 is 2.90 bits per heavy atom. The van der Waals surface area contributed by atoms with E-state index in [4.69, 9.17) is 10.9 Å². The average molecular weight is 290 g/mol. The van der Waals surface area contributed by atoms with Crippen LogP contribution in [0.5, 0.6) is 0 Å². The molecule has 0 saturated carbocycles. The summed E-state index contributed by atoms with van der Waals surface area (Å²) in [5.41, 5.74) is 8.79. The van der Waals surface area contributed by atoms with Crippen LogP contribution in [0.15, 0.2) is 23.4 Å². The molecule has 1 aliphatic heterocycles. The van der Waals surface area contributed by atoms with Gasteiger partial charge in [-0.3, -0.25) is 0 Å². The van der Waals surface area contributed by atoms with Gasteiger partial charge < -0.3 is 21.2 Å². The lowest BCUT2D eigenvalue weighted by Gasteiger charge is -2.35. The summed E-state index contributed by atoms with van der Waals surface area (Å²) in [6.07, 6.45) is 1.19. The van der Waals surface area contributed by atoms with Gasteiger partial charge in [-0.25, -0.2) is 0 Å². The standard InChI is InChI=1S/C16H26N4O/c1-11-8-13(16(17)19-21)4-5-14(11)9-18-15-6-7-20(3)10-12(15)2/h4-5,8,12,15,18,21H,6-7,9-10H2,1-3H3,(H2,17,19). The fourth-order valence-corrected chi connectivity index (χ4v) is 3.01. The maximum absolute atomic E-state index is 8.72. The van der Waals surface area contributed by atoms with Crippen LogP contribution in [0.1, 0.15) is 30.0 Å². The Morgan fingerprint density at radius 2 is 2.29 bits per heavy atom. The zero-order chi connectivity index (χ0) is 15.4. The molecule has 1 aromatic carbocycles. The first kappa shape index (κ1) is 15.8. The van der Waals surface area contributed by atoms with Crippen molar-refractivity contribution in [3.05, 3.63) is 34.9 Å². The highest BCUT2D eigenvalue weighted by Crippen LogP contribution is 2.17. The number of likely N-dealkylation sites (tertiary alicyclic amines) is 1. The molecule has 1 saturated heterocycles. The van der Waals surface area contributed by atoms with E-state index in [1.54, 1.807) is 0 Å². The lowest BCUT2D eigenvalue weighted by atomic mass is 9.93. The number of piperidine rings is 1. The van der Waals surface area contributed by atoms with E-state index in [0.717, 1.165) is 30.8 Å². The molecule has 0 spiro atoms. The van der Waals surface area contributed by atoms with Crippen molar-refractivity contribution in [2.24, 2.45) is 16.8 Å². The van der Waals surface area contributed by atoms with Gasteiger partial charge in [-0.2, -0.15) is 0 Å². The number of amidine groups is 1. The Bertz CT molecular complexity index is 515. The molecule has 5 heteroatoms. The molecule has 21 heavy (non-hydrogen) atoms. The Kier molecular flexibility index (Phi) is 5.20. The number of nitrogens with one attached hydrogen (secondary N) is 1. The summed E-state index contributed by atoms with van der Waals surface area (Å²) >= 11 is 0. The summed E-state index contributed by atoms with van der Waals surface area (Å²) in [6, 6.07) is 6.49. The van der Waals surface area contributed by atoms with E-state index in [-0.39, 0.29) is 5.84 Å². The monoisotopic (exact) mass is 290 g/mol. The Labute approximate surface area is 126 Å². The summed E-state index contributed by atoms with van der Waals surface area (Å²) in [5, 5.41) is 15.4. The van der Waals surface area contributed by atoms with E-state index in [1.807, 2.05) is 12.1 Å². The maximum atomic E-state index is 8.72. The Morgan fingerprint density at radius 1 is 1.52 bits per heavy atom. The topological polar surface area (TPSA) is 73.9 Å². The third kappa shape index (κ3) is 3.95. The van der Waals surface area contributed by atoms with Gasteiger partial charge in [0.25, 0.3) is 0 Å². The third-order valence-corrected chi connectivity index (χ3v) is 4.41. The second-order valence-electron chi connectivity index (χ2n) is 6.14. The highest BCUT2D eigenvalue weighted by molar-refractivity contribution is 5.97. The minimum Gasteiger partial charge on any atom is -0.409 e. The fourth-order valence-electron chi connectivity index (χ4n) is 3.01.